The van der Waals surface area contributed by atoms with Gasteiger partial charge >= 0.3 is 0 Å². The number of rotatable bonds is 6. The molecule has 1 amide bonds. The van der Waals surface area contributed by atoms with Gasteiger partial charge in [-0.2, -0.15) is 0 Å². The molecule has 0 spiro atoms. The lowest BCUT2D eigenvalue weighted by Crippen LogP contribution is -2.50. The highest BCUT2D eigenvalue weighted by Gasteiger charge is 2.28. The summed E-state index contributed by atoms with van der Waals surface area (Å²) in [7, 11) is 0. The number of nitrogens with one attached hydrogen (secondary N) is 1. The summed E-state index contributed by atoms with van der Waals surface area (Å²) in [5.41, 5.74) is 5.74. The largest absolute Gasteiger partial charge is 0.409 e. The number of amidine groups is 1. The number of carbonyl (C=O) groups excluding carboxylic acids is 1. The number of carbonyl (C=O) groups is 1. The second-order valence-electron chi connectivity index (χ2n) is 5.69. The molecule has 0 heterocycles. The molecule has 1 saturated carbocycles. The molecule has 1 rings (SSSR count). The Morgan fingerprint density at radius 3 is 2.58 bits per heavy atom. The molecule has 1 fully saturated rings. The molecule has 0 aliphatic heterocycles. The molecule has 19 heavy (non-hydrogen) atoms. The van der Waals surface area contributed by atoms with Crippen LogP contribution in [0.3, 0.4) is 0 Å². The van der Waals surface area contributed by atoms with Crippen molar-refractivity contribution in [1.82, 2.24) is 5.32 Å². The third kappa shape index (κ3) is 5.09. The van der Waals surface area contributed by atoms with Crippen LogP contribution in [-0.2, 0) is 4.79 Å². The third-order valence-electron chi connectivity index (χ3n) is 4.10. The van der Waals surface area contributed by atoms with Gasteiger partial charge in [0.1, 0.15) is 0 Å². The second kappa shape index (κ2) is 8.02. The van der Waals surface area contributed by atoms with Crippen molar-refractivity contribution in [2.24, 2.45) is 22.7 Å². The molecule has 0 bridgehead atoms. The second-order valence-corrected chi connectivity index (χ2v) is 5.69. The number of amides is 1. The first kappa shape index (κ1) is 15.8. The topological polar surface area (TPSA) is 87.7 Å². The minimum Gasteiger partial charge on any atom is -0.409 e. The van der Waals surface area contributed by atoms with E-state index in [0.29, 0.717) is 18.3 Å². The summed E-state index contributed by atoms with van der Waals surface area (Å²) >= 11 is 0. The van der Waals surface area contributed by atoms with E-state index < -0.39 is 0 Å². The molecule has 0 radical (unpaired) electrons. The van der Waals surface area contributed by atoms with Gasteiger partial charge in [-0.3, -0.25) is 4.79 Å². The average molecular weight is 269 g/mol. The maximum Gasteiger partial charge on any atom is 0.220 e. The predicted octanol–water partition coefficient (Wildman–Crippen LogP) is 2.23. The van der Waals surface area contributed by atoms with Crippen molar-refractivity contribution in [3.8, 4) is 0 Å². The van der Waals surface area contributed by atoms with Gasteiger partial charge in [0.15, 0.2) is 5.84 Å². The number of nitrogens with zero attached hydrogens (tertiary/aromatic N) is 1. The van der Waals surface area contributed by atoms with E-state index in [9.17, 15) is 4.79 Å². The molecule has 5 heteroatoms. The SMILES string of the molecule is CCC(C)CC(=O)NC(C(N)=NO)C1CCCCC1. The molecule has 0 aromatic rings. The van der Waals surface area contributed by atoms with Gasteiger partial charge in [0, 0.05) is 6.42 Å². The highest BCUT2D eigenvalue weighted by Crippen LogP contribution is 2.26. The predicted molar refractivity (Wildman–Crippen MR) is 76.0 cm³/mol. The van der Waals surface area contributed by atoms with Crippen LogP contribution in [0.1, 0.15) is 58.8 Å². The van der Waals surface area contributed by atoms with Gasteiger partial charge < -0.3 is 16.3 Å². The molecule has 1 aliphatic rings. The van der Waals surface area contributed by atoms with Crippen molar-refractivity contribution in [2.45, 2.75) is 64.8 Å². The van der Waals surface area contributed by atoms with Crippen molar-refractivity contribution >= 4 is 11.7 Å². The van der Waals surface area contributed by atoms with Crippen LogP contribution < -0.4 is 11.1 Å². The zero-order chi connectivity index (χ0) is 14.3. The Bertz CT molecular complexity index is 312. The zero-order valence-electron chi connectivity index (χ0n) is 12.1. The first-order valence-electron chi connectivity index (χ1n) is 7.35. The Balaban J connectivity index is 2.61. The fourth-order valence-electron chi connectivity index (χ4n) is 2.66. The monoisotopic (exact) mass is 269 g/mol. The molecular formula is C14H27N3O2. The van der Waals surface area contributed by atoms with Gasteiger partial charge in [0.25, 0.3) is 0 Å². The molecule has 0 aromatic heterocycles. The lowest BCUT2D eigenvalue weighted by molar-refractivity contribution is -0.122. The summed E-state index contributed by atoms with van der Waals surface area (Å²) in [6.45, 7) is 4.12. The quantitative estimate of drug-likeness (QED) is 0.299. The van der Waals surface area contributed by atoms with Crippen molar-refractivity contribution in [2.75, 3.05) is 0 Å². The molecule has 110 valence electrons. The van der Waals surface area contributed by atoms with E-state index in [1.807, 2.05) is 0 Å². The van der Waals surface area contributed by atoms with Gasteiger partial charge in [-0.1, -0.05) is 44.7 Å². The van der Waals surface area contributed by atoms with Gasteiger partial charge in [0.2, 0.25) is 5.91 Å². The average Bonchev–Trinajstić information content (AvgIpc) is 2.44. The molecule has 0 aromatic carbocycles. The molecule has 5 nitrogen and oxygen atoms in total. The van der Waals surface area contributed by atoms with Gasteiger partial charge in [-0.15, -0.1) is 0 Å². The Labute approximate surface area is 115 Å². The van der Waals surface area contributed by atoms with Crippen LogP contribution in [0.2, 0.25) is 0 Å². The van der Waals surface area contributed by atoms with Gasteiger partial charge in [-0.25, -0.2) is 0 Å². The van der Waals surface area contributed by atoms with Crippen LogP contribution in [0.5, 0.6) is 0 Å². The lowest BCUT2D eigenvalue weighted by Gasteiger charge is -2.30. The zero-order valence-corrected chi connectivity index (χ0v) is 12.1. The Morgan fingerprint density at radius 2 is 2.05 bits per heavy atom. The van der Waals surface area contributed by atoms with Crippen LogP contribution >= 0.6 is 0 Å². The summed E-state index contributed by atoms with van der Waals surface area (Å²) in [6.07, 6.45) is 7.08. The van der Waals surface area contributed by atoms with E-state index in [1.54, 1.807) is 0 Å². The van der Waals surface area contributed by atoms with Crippen molar-refractivity contribution in [1.29, 1.82) is 0 Å². The summed E-state index contributed by atoms with van der Waals surface area (Å²) in [5.74, 6) is 0.783. The van der Waals surface area contributed by atoms with Crippen LogP contribution in [0.25, 0.3) is 0 Å². The van der Waals surface area contributed by atoms with Crippen molar-refractivity contribution in [3.63, 3.8) is 0 Å². The molecule has 1 aliphatic carbocycles. The number of hydrogen-bond acceptors (Lipinski definition) is 3. The first-order chi connectivity index (χ1) is 9.08. The molecule has 2 unspecified atom stereocenters. The summed E-state index contributed by atoms with van der Waals surface area (Å²) in [4.78, 5) is 12.0. The van der Waals surface area contributed by atoms with E-state index in [1.165, 1.54) is 6.42 Å². The lowest BCUT2D eigenvalue weighted by atomic mass is 9.83. The van der Waals surface area contributed by atoms with E-state index in [-0.39, 0.29) is 17.8 Å². The number of nitrogens with two attached hydrogens (primary N) is 1. The smallest absolute Gasteiger partial charge is 0.220 e. The van der Waals surface area contributed by atoms with Crippen LogP contribution in [0, 0.1) is 11.8 Å². The van der Waals surface area contributed by atoms with E-state index >= 15 is 0 Å². The fraction of sp³-hybridized carbons (Fsp3) is 0.857. The van der Waals surface area contributed by atoms with Crippen molar-refractivity contribution < 1.29 is 10.0 Å². The Hall–Kier alpha value is -1.26. The maximum absolute atomic E-state index is 12.0. The summed E-state index contributed by atoms with van der Waals surface area (Å²) < 4.78 is 0. The van der Waals surface area contributed by atoms with Crippen LogP contribution in [0.15, 0.2) is 5.16 Å². The standard InChI is InChI=1S/C14H27N3O2/c1-3-10(2)9-12(18)16-13(14(15)17-19)11-7-5-4-6-8-11/h10-11,13,19H,3-9H2,1-2H3,(H2,15,17)(H,16,18). The maximum atomic E-state index is 12.0. The van der Waals surface area contributed by atoms with E-state index in [2.05, 4.69) is 24.3 Å². The van der Waals surface area contributed by atoms with Crippen molar-refractivity contribution in [3.05, 3.63) is 0 Å². The highest BCUT2D eigenvalue weighted by atomic mass is 16.4. The minimum atomic E-state index is -0.318. The summed E-state index contributed by atoms with van der Waals surface area (Å²) in [6, 6.07) is -0.318. The summed E-state index contributed by atoms with van der Waals surface area (Å²) in [5, 5.41) is 14.9. The van der Waals surface area contributed by atoms with E-state index in [4.69, 9.17) is 10.9 Å². The molecule has 0 saturated heterocycles. The Morgan fingerprint density at radius 1 is 1.42 bits per heavy atom. The normalized spacial score (nSPS) is 20.8. The van der Waals surface area contributed by atoms with Gasteiger partial charge in [-0.05, 0) is 24.7 Å². The fourth-order valence-corrected chi connectivity index (χ4v) is 2.66. The molecular weight excluding hydrogens is 242 g/mol. The number of hydrogen-bond donors (Lipinski definition) is 3. The van der Waals surface area contributed by atoms with Crippen LogP contribution in [0.4, 0.5) is 0 Å². The minimum absolute atomic E-state index is 0.00322. The third-order valence-corrected chi connectivity index (χ3v) is 4.10. The Kier molecular flexibility index (Phi) is 6.67. The molecule has 4 N–H and O–H groups in total. The van der Waals surface area contributed by atoms with Crippen LogP contribution in [-0.4, -0.2) is 23.0 Å². The highest BCUT2D eigenvalue weighted by molar-refractivity contribution is 5.90. The first-order valence-corrected chi connectivity index (χ1v) is 7.35. The number of oxime groups is 1. The van der Waals surface area contributed by atoms with Gasteiger partial charge in [0.05, 0.1) is 6.04 Å². The molecule has 2 atom stereocenters. The van der Waals surface area contributed by atoms with E-state index in [0.717, 1.165) is 32.1 Å².